The van der Waals surface area contributed by atoms with Gasteiger partial charge < -0.3 is 0 Å². The lowest BCUT2D eigenvalue weighted by Gasteiger charge is -2.07. The van der Waals surface area contributed by atoms with Crippen molar-refractivity contribution in [3.63, 3.8) is 0 Å². The van der Waals surface area contributed by atoms with Crippen LogP contribution in [0.4, 0.5) is 0 Å². The van der Waals surface area contributed by atoms with E-state index >= 15 is 0 Å². The van der Waals surface area contributed by atoms with Crippen LogP contribution in [-0.4, -0.2) is 5.78 Å². The molecule has 0 aliphatic heterocycles. The lowest BCUT2D eigenvalue weighted by Crippen LogP contribution is -1.91. The quantitative estimate of drug-likeness (QED) is 0.578. The lowest BCUT2D eigenvalue weighted by molar-refractivity contribution is 0.101. The number of aryl methyl sites for hydroxylation is 1. The van der Waals surface area contributed by atoms with E-state index in [9.17, 15) is 4.79 Å². The molecule has 0 saturated heterocycles. The van der Waals surface area contributed by atoms with Crippen molar-refractivity contribution >= 4 is 5.78 Å². The van der Waals surface area contributed by atoms with Crippen LogP contribution in [0, 0.1) is 6.92 Å². The maximum atomic E-state index is 11.5. The molecule has 1 heteroatoms. The number of ketones is 1. The summed E-state index contributed by atoms with van der Waals surface area (Å²) in [4.78, 5) is 11.5. The first-order valence-corrected chi connectivity index (χ1v) is 7.42. The first-order chi connectivity index (χ1) is 10.6. The highest BCUT2D eigenvalue weighted by Crippen LogP contribution is 2.27. The van der Waals surface area contributed by atoms with Crippen LogP contribution in [0.1, 0.15) is 22.8 Å². The van der Waals surface area contributed by atoms with Gasteiger partial charge in [-0.2, -0.15) is 0 Å². The maximum absolute atomic E-state index is 11.5. The van der Waals surface area contributed by atoms with Crippen molar-refractivity contribution in [1.29, 1.82) is 0 Å². The average Bonchev–Trinajstić information content (AvgIpc) is 2.56. The molecule has 0 fully saturated rings. The molecule has 3 aromatic carbocycles. The minimum Gasteiger partial charge on any atom is -0.295 e. The second-order valence-corrected chi connectivity index (χ2v) is 5.58. The van der Waals surface area contributed by atoms with Gasteiger partial charge in [-0.1, -0.05) is 66.2 Å². The molecule has 0 atom stereocenters. The molecular formula is C21H18O. The third-order valence-corrected chi connectivity index (χ3v) is 3.85. The third kappa shape index (κ3) is 2.99. The summed E-state index contributed by atoms with van der Waals surface area (Å²) in [7, 11) is 0. The number of hydrogen-bond donors (Lipinski definition) is 0. The Labute approximate surface area is 131 Å². The zero-order valence-electron chi connectivity index (χ0n) is 12.8. The number of benzene rings is 3. The topological polar surface area (TPSA) is 17.1 Å². The van der Waals surface area contributed by atoms with Gasteiger partial charge in [0.25, 0.3) is 0 Å². The van der Waals surface area contributed by atoms with Gasteiger partial charge in [0, 0.05) is 5.56 Å². The number of Topliss-reactive ketones (excluding diaryl/α,β-unsaturated/α-hetero) is 1. The summed E-state index contributed by atoms with van der Waals surface area (Å²) in [5.41, 5.74) is 6.59. The third-order valence-electron chi connectivity index (χ3n) is 3.85. The van der Waals surface area contributed by atoms with Crippen molar-refractivity contribution in [2.45, 2.75) is 13.8 Å². The number of rotatable bonds is 3. The molecule has 0 N–H and O–H groups in total. The Bertz CT molecular complexity index is 813. The fraction of sp³-hybridized carbons (Fsp3) is 0.0952. The molecule has 22 heavy (non-hydrogen) atoms. The number of carbonyl (C=O) groups excluding carboxylic acids is 1. The van der Waals surface area contributed by atoms with Gasteiger partial charge in [-0.05, 0) is 48.2 Å². The van der Waals surface area contributed by atoms with Crippen molar-refractivity contribution in [2.75, 3.05) is 0 Å². The van der Waals surface area contributed by atoms with Gasteiger partial charge in [0.05, 0.1) is 0 Å². The predicted octanol–water partition coefficient (Wildman–Crippen LogP) is 5.53. The molecule has 1 nitrogen and oxygen atoms in total. The molecule has 0 unspecified atom stereocenters. The molecule has 0 saturated carbocycles. The van der Waals surface area contributed by atoms with Crippen LogP contribution in [0.5, 0.6) is 0 Å². The molecule has 0 bridgehead atoms. The van der Waals surface area contributed by atoms with Gasteiger partial charge in [0.1, 0.15) is 0 Å². The molecule has 0 amide bonds. The van der Waals surface area contributed by atoms with Crippen LogP contribution in [-0.2, 0) is 0 Å². The van der Waals surface area contributed by atoms with Crippen LogP contribution in [0.25, 0.3) is 22.3 Å². The molecule has 0 aromatic heterocycles. The first-order valence-electron chi connectivity index (χ1n) is 7.42. The molecule has 0 aliphatic carbocycles. The molecule has 0 aliphatic rings. The Morgan fingerprint density at radius 2 is 1.23 bits per heavy atom. The van der Waals surface area contributed by atoms with Crippen molar-refractivity contribution in [3.05, 3.63) is 83.9 Å². The average molecular weight is 286 g/mol. The van der Waals surface area contributed by atoms with Gasteiger partial charge in [-0.15, -0.1) is 0 Å². The lowest BCUT2D eigenvalue weighted by atomic mass is 9.97. The SMILES string of the molecule is CC(=O)c1cccc(-c2cccc(-c3ccc(C)cc3)c2)c1. The fourth-order valence-electron chi connectivity index (χ4n) is 2.54. The summed E-state index contributed by atoms with van der Waals surface area (Å²) in [6.07, 6.45) is 0. The molecule has 0 radical (unpaired) electrons. The molecule has 3 aromatic rings. The molecule has 108 valence electrons. The van der Waals surface area contributed by atoms with Crippen molar-refractivity contribution in [3.8, 4) is 22.3 Å². The van der Waals surface area contributed by atoms with E-state index in [1.54, 1.807) is 6.92 Å². The van der Waals surface area contributed by atoms with Crippen LogP contribution < -0.4 is 0 Å². The highest BCUT2D eigenvalue weighted by Gasteiger charge is 2.04. The Balaban J connectivity index is 2.02. The summed E-state index contributed by atoms with van der Waals surface area (Å²) in [6, 6.07) is 24.7. The molecule has 0 spiro atoms. The fourth-order valence-corrected chi connectivity index (χ4v) is 2.54. The standard InChI is InChI=1S/C21H18O/c1-15-9-11-17(12-10-15)19-6-4-8-21(14-19)20-7-3-5-18(13-20)16(2)22/h3-14H,1-2H3. The Morgan fingerprint density at radius 3 is 1.86 bits per heavy atom. The molecule has 0 heterocycles. The van der Waals surface area contributed by atoms with E-state index in [2.05, 4.69) is 55.5 Å². The van der Waals surface area contributed by atoms with Crippen molar-refractivity contribution in [2.24, 2.45) is 0 Å². The summed E-state index contributed by atoms with van der Waals surface area (Å²) in [5, 5.41) is 0. The Morgan fingerprint density at radius 1 is 0.682 bits per heavy atom. The van der Waals surface area contributed by atoms with Gasteiger partial charge in [0.2, 0.25) is 0 Å². The Hall–Kier alpha value is -2.67. The zero-order chi connectivity index (χ0) is 15.5. The van der Waals surface area contributed by atoms with E-state index < -0.39 is 0 Å². The summed E-state index contributed by atoms with van der Waals surface area (Å²) in [5.74, 6) is 0.0940. The molecule has 3 rings (SSSR count). The largest absolute Gasteiger partial charge is 0.295 e. The second kappa shape index (κ2) is 5.98. The zero-order valence-corrected chi connectivity index (χ0v) is 12.8. The molecular weight excluding hydrogens is 268 g/mol. The minimum atomic E-state index is 0.0940. The van der Waals surface area contributed by atoms with Gasteiger partial charge >= 0.3 is 0 Å². The first kappa shape index (κ1) is 14.3. The van der Waals surface area contributed by atoms with E-state index in [0.717, 1.165) is 16.7 Å². The summed E-state index contributed by atoms with van der Waals surface area (Å²) in [6.45, 7) is 3.69. The maximum Gasteiger partial charge on any atom is 0.159 e. The number of carbonyl (C=O) groups is 1. The van der Waals surface area contributed by atoms with Crippen molar-refractivity contribution in [1.82, 2.24) is 0 Å². The minimum absolute atomic E-state index is 0.0940. The van der Waals surface area contributed by atoms with E-state index in [1.807, 2.05) is 24.3 Å². The summed E-state index contributed by atoms with van der Waals surface area (Å²) >= 11 is 0. The smallest absolute Gasteiger partial charge is 0.159 e. The normalized spacial score (nSPS) is 10.5. The van der Waals surface area contributed by atoms with Gasteiger partial charge in [-0.3, -0.25) is 4.79 Å². The summed E-state index contributed by atoms with van der Waals surface area (Å²) < 4.78 is 0. The van der Waals surface area contributed by atoms with E-state index in [1.165, 1.54) is 16.7 Å². The van der Waals surface area contributed by atoms with E-state index in [4.69, 9.17) is 0 Å². The van der Waals surface area contributed by atoms with Gasteiger partial charge in [-0.25, -0.2) is 0 Å². The van der Waals surface area contributed by atoms with E-state index in [0.29, 0.717) is 0 Å². The van der Waals surface area contributed by atoms with E-state index in [-0.39, 0.29) is 5.78 Å². The van der Waals surface area contributed by atoms with Crippen molar-refractivity contribution < 1.29 is 4.79 Å². The highest BCUT2D eigenvalue weighted by atomic mass is 16.1. The van der Waals surface area contributed by atoms with Crippen LogP contribution in [0.15, 0.2) is 72.8 Å². The predicted molar refractivity (Wildman–Crippen MR) is 92.1 cm³/mol. The van der Waals surface area contributed by atoms with Crippen LogP contribution >= 0.6 is 0 Å². The number of hydrogen-bond acceptors (Lipinski definition) is 1. The Kier molecular flexibility index (Phi) is 3.88. The van der Waals surface area contributed by atoms with Crippen LogP contribution in [0.3, 0.4) is 0 Å². The second-order valence-electron chi connectivity index (χ2n) is 5.58. The van der Waals surface area contributed by atoms with Crippen LogP contribution in [0.2, 0.25) is 0 Å². The van der Waals surface area contributed by atoms with Gasteiger partial charge in [0.15, 0.2) is 5.78 Å². The highest BCUT2D eigenvalue weighted by molar-refractivity contribution is 5.95. The monoisotopic (exact) mass is 286 g/mol.